The van der Waals surface area contributed by atoms with E-state index >= 15 is 0 Å². The molecule has 0 saturated carbocycles. The smallest absolute Gasteiger partial charge is 0.134 e. The van der Waals surface area contributed by atoms with Gasteiger partial charge in [0, 0.05) is 12.7 Å². The zero-order valence-electron chi connectivity index (χ0n) is 10.9. The fourth-order valence-corrected chi connectivity index (χ4v) is 1.98. The molecule has 96 valence electrons. The number of methoxy groups -OCH3 is 1. The molecule has 1 heterocycles. The van der Waals surface area contributed by atoms with Gasteiger partial charge in [0.15, 0.2) is 0 Å². The summed E-state index contributed by atoms with van der Waals surface area (Å²) in [5.41, 5.74) is 2.40. The molecule has 2 rings (SSSR count). The molecule has 0 radical (unpaired) electrons. The lowest BCUT2D eigenvalue weighted by molar-refractivity contribution is 0.202. The van der Waals surface area contributed by atoms with Crippen LogP contribution in [0.3, 0.4) is 0 Å². The number of hydrogen-bond donors (Lipinski definition) is 1. The first-order valence-corrected chi connectivity index (χ1v) is 6.15. The number of benzene rings is 1. The maximum Gasteiger partial charge on any atom is 0.134 e. The lowest BCUT2D eigenvalue weighted by Gasteiger charge is -2.06. The summed E-state index contributed by atoms with van der Waals surface area (Å²) < 4.78 is 11.0. The van der Waals surface area contributed by atoms with Crippen molar-refractivity contribution in [3.8, 4) is 11.3 Å². The fourth-order valence-electron chi connectivity index (χ4n) is 1.98. The van der Waals surface area contributed by atoms with Crippen LogP contribution in [-0.4, -0.2) is 20.8 Å². The van der Waals surface area contributed by atoms with Gasteiger partial charge in [-0.25, -0.2) is 0 Å². The van der Waals surface area contributed by atoms with Crippen molar-refractivity contribution in [1.82, 2.24) is 5.32 Å². The molecule has 0 fully saturated rings. The van der Waals surface area contributed by atoms with Crippen LogP contribution in [0.15, 0.2) is 40.8 Å². The Kier molecular flexibility index (Phi) is 4.56. The van der Waals surface area contributed by atoms with Crippen LogP contribution in [-0.2, 0) is 17.7 Å². The van der Waals surface area contributed by atoms with E-state index in [-0.39, 0.29) is 0 Å². The standard InChI is InChI=1S/C15H19NO2/c1-16-11-13-7-8-15(18-13)14-6-4-3-5-12(14)9-10-17-2/h3-8,16H,9-11H2,1-2H3. The lowest BCUT2D eigenvalue weighted by Crippen LogP contribution is -2.03. The van der Waals surface area contributed by atoms with Crippen LogP contribution >= 0.6 is 0 Å². The molecule has 1 N–H and O–H groups in total. The number of furan rings is 1. The highest BCUT2D eigenvalue weighted by Gasteiger charge is 2.08. The zero-order valence-corrected chi connectivity index (χ0v) is 10.9. The molecule has 0 atom stereocenters. The van der Waals surface area contributed by atoms with Gasteiger partial charge in [-0.2, -0.15) is 0 Å². The Balaban J connectivity index is 2.25. The molecular weight excluding hydrogens is 226 g/mol. The summed E-state index contributed by atoms with van der Waals surface area (Å²) in [5.74, 6) is 1.88. The molecule has 1 aromatic carbocycles. The summed E-state index contributed by atoms with van der Waals surface area (Å²) in [6.45, 7) is 1.47. The van der Waals surface area contributed by atoms with Gasteiger partial charge >= 0.3 is 0 Å². The second-order valence-electron chi connectivity index (χ2n) is 4.20. The van der Waals surface area contributed by atoms with Gasteiger partial charge in [-0.05, 0) is 31.2 Å². The maximum atomic E-state index is 5.83. The van der Waals surface area contributed by atoms with E-state index in [2.05, 4.69) is 17.4 Å². The van der Waals surface area contributed by atoms with E-state index in [1.165, 1.54) is 5.56 Å². The largest absolute Gasteiger partial charge is 0.460 e. The van der Waals surface area contributed by atoms with E-state index in [0.29, 0.717) is 0 Å². The first-order valence-electron chi connectivity index (χ1n) is 6.15. The van der Waals surface area contributed by atoms with Gasteiger partial charge in [0.25, 0.3) is 0 Å². The molecule has 0 amide bonds. The molecular formula is C15H19NO2. The summed E-state index contributed by atoms with van der Waals surface area (Å²) >= 11 is 0. The Morgan fingerprint density at radius 2 is 2.00 bits per heavy atom. The average molecular weight is 245 g/mol. The van der Waals surface area contributed by atoms with Crippen molar-refractivity contribution in [1.29, 1.82) is 0 Å². The van der Waals surface area contributed by atoms with E-state index < -0.39 is 0 Å². The molecule has 0 aliphatic carbocycles. The highest BCUT2D eigenvalue weighted by molar-refractivity contribution is 5.62. The third-order valence-corrected chi connectivity index (χ3v) is 2.87. The topological polar surface area (TPSA) is 34.4 Å². The molecule has 0 bridgehead atoms. The molecule has 18 heavy (non-hydrogen) atoms. The second kappa shape index (κ2) is 6.38. The number of hydrogen-bond acceptors (Lipinski definition) is 3. The van der Waals surface area contributed by atoms with Crippen LogP contribution in [0.1, 0.15) is 11.3 Å². The summed E-state index contributed by atoms with van der Waals surface area (Å²) in [7, 11) is 3.63. The molecule has 0 saturated heterocycles. The van der Waals surface area contributed by atoms with Crippen molar-refractivity contribution < 1.29 is 9.15 Å². The summed E-state index contributed by atoms with van der Waals surface area (Å²) in [6, 6.07) is 12.3. The Bertz CT molecular complexity index is 491. The molecule has 0 aliphatic heterocycles. The van der Waals surface area contributed by atoms with E-state index in [1.807, 2.05) is 31.3 Å². The zero-order chi connectivity index (χ0) is 12.8. The molecule has 0 unspecified atom stereocenters. The van der Waals surface area contributed by atoms with Crippen molar-refractivity contribution in [2.75, 3.05) is 20.8 Å². The van der Waals surface area contributed by atoms with E-state index in [4.69, 9.17) is 9.15 Å². The van der Waals surface area contributed by atoms with E-state index in [0.717, 1.165) is 36.7 Å². The van der Waals surface area contributed by atoms with Gasteiger partial charge in [-0.15, -0.1) is 0 Å². The minimum absolute atomic E-state index is 0.723. The molecule has 0 aliphatic rings. The first-order chi connectivity index (χ1) is 8.85. The van der Waals surface area contributed by atoms with Crippen LogP contribution in [0.2, 0.25) is 0 Å². The van der Waals surface area contributed by atoms with Gasteiger partial charge < -0.3 is 14.5 Å². The Labute approximate surface area is 108 Å². The second-order valence-corrected chi connectivity index (χ2v) is 4.20. The Morgan fingerprint density at radius 3 is 2.78 bits per heavy atom. The molecule has 3 heteroatoms. The summed E-state index contributed by atoms with van der Waals surface area (Å²) in [5, 5.41) is 3.08. The van der Waals surface area contributed by atoms with Crippen LogP contribution in [0.4, 0.5) is 0 Å². The lowest BCUT2D eigenvalue weighted by atomic mass is 10.0. The van der Waals surface area contributed by atoms with E-state index in [9.17, 15) is 0 Å². The minimum atomic E-state index is 0.723. The highest BCUT2D eigenvalue weighted by Crippen LogP contribution is 2.26. The average Bonchev–Trinajstić information content (AvgIpc) is 2.86. The van der Waals surface area contributed by atoms with Crippen LogP contribution in [0, 0.1) is 0 Å². The Morgan fingerprint density at radius 1 is 1.17 bits per heavy atom. The van der Waals surface area contributed by atoms with Gasteiger partial charge in [0.1, 0.15) is 11.5 Å². The predicted molar refractivity (Wildman–Crippen MR) is 72.5 cm³/mol. The maximum absolute atomic E-state index is 5.83. The normalized spacial score (nSPS) is 10.8. The van der Waals surface area contributed by atoms with Crippen molar-refractivity contribution in [3.05, 3.63) is 47.7 Å². The predicted octanol–water partition coefficient (Wildman–Crippen LogP) is 2.85. The van der Waals surface area contributed by atoms with Crippen molar-refractivity contribution in [2.24, 2.45) is 0 Å². The summed E-state index contributed by atoms with van der Waals surface area (Å²) in [6.07, 6.45) is 0.898. The quantitative estimate of drug-likeness (QED) is 0.849. The minimum Gasteiger partial charge on any atom is -0.460 e. The number of rotatable bonds is 6. The number of ether oxygens (including phenoxy) is 1. The van der Waals surface area contributed by atoms with Gasteiger partial charge in [-0.1, -0.05) is 24.3 Å². The van der Waals surface area contributed by atoms with Crippen molar-refractivity contribution in [3.63, 3.8) is 0 Å². The molecule has 3 nitrogen and oxygen atoms in total. The van der Waals surface area contributed by atoms with E-state index in [1.54, 1.807) is 7.11 Å². The summed E-state index contributed by atoms with van der Waals surface area (Å²) in [4.78, 5) is 0. The van der Waals surface area contributed by atoms with Gasteiger partial charge in [0.2, 0.25) is 0 Å². The third kappa shape index (κ3) is 3.00. The first kappa shape index (κ1) is 12.9. The van der Waals surface area contributed by atoms with Crippen LogP contribution in [0.5, 0.6) is 0 Å². The SMILES string of the molecule is CNCc1ccc(-c2ccccc2CCOC)o1. The monoisotopic (exact) mass is 245 g/mol. The van der Waals surface area contributed by atoms with Crippen molar-refractivity contribution >= 4 is 0 Å². The van der Waals surface area contributed by atoms with Crippen molar-refractivity contribution in [2.45, 2.75) is 13.0 Å². The molecule has 0 spiro atoms. The highest BCUT2D eigenvalue weighted by atomic mass is 16.5. The Hall–Kier alpha value is -1.58. The molecule has 1 aromatic heterocycles. The number of nitrogens with one attached hydrogen (secondary N) is 1. The van der Waals surface area contributed by atoms with Gasteiger partial charge in [-0.3, -0.25) is 0 Å². The van der Waals surface area contributed by atoms with Gasteiger partial charge in [0.05, 0.1) is 13.2 Å². The van der Waals surface area contributed by atoms with Crippen LogP contribution < -0.4 is 5.32 Å². The molecule has 2 aromatic rings. The van der Waals surface area contributed by atoms with Crippen LogP contribution in [0.25, 0.3) is 11.3 Å². The fraction of sp³-hybridized carbons (Fsp3) is 0.333. The third-order valence-electron chi connectivity index (χ3n) is 2.87.